The molecule has 0 bridgehead atoms. The lowest BCUT2D eigenvalue weighted by Crippen LogP contribution is -2.35. The van der Waals surface area contributed by atoms with E-state index in [1.54, 1.807) is 13.8 Å². The molecular weight excluding hydrogens is 233 g/mol. The Morgan fingerprint density at radius 1 is 1.38 bits per heavy atom. The van der Waals surface area contributed by atoms with Gasteiger partial charge in [-0.2, -0.15) is 17.1 Å². The van der Waals surface area contributed by atoms with Gasteiger partial charge in [0, 0.05) is 13.1 Å². The van der Waals surface area contributed by atoms with E-state index < -0.39 is 16.2 Å². The first-order valence-corrected chi connectivity index (χ1v) is 6.34. The standard InChI is InChI=1S/C9H14FN3O2S/c1-3-13(4-2)16(14,15)12-9-7-5-6-8(10)11-9/h5-7H,3-4H2,1-2H3,(H,11,12). The first-order valence-electron chi connectivity index (χ1n) is 4.90. The first kappa shape index (κ1) is 12.9. The molecule has 0 amide bonds. The summed E-state index contributed by atoms with van der Waals surface area (Å²) in [6, 6.07) is 3.93. The van der Waals surface area contributed by atoms with Crippen LogP contribution >= 0.6 is 0 Å². The smallest absolute Gasteiger partial charge is 0.254 e. The second kappa shape index (κ2) is 5.22. The third-order valence-electron chi connectivity index (χ3n) is 1.99. The van der Waals surface area contributed by atoms with Crippen LogP contribution in [0.1, 0.15) is 13.8 Å². The Morgan fingerprint density at radius 3 is 2.50 bits per heavy atom. The van der Waals surface area contributed by atoms with Crippen molar-refractivity contribution >= 4 is 16.0 Å². The van der Waals surface area contributed by atoms with Gasteiger partial charge in [-0.05, 0) is 12.1 Å². The molecule has 0 radical (unpaired) electrons. The van der Waals surface area contributed by atoms with Crippen LogP contribution in [-0.2, 0) is 10.2 Å². The lowest BCUT2D eigenvalue weighted by molar-refractivity contribution is 0.449. The van der Waals surface area contributed by atoms with Crippen molar-refractivity contribution in [1.29, 1.82) is 0 Å². The maximum absolute atomic E-state index is 12.7. The van der Waals surface area contributed by atoms with Gasteiger partial charge in [0.2, 0.25) is 5.95 Å². The van der Waals surface area contributed by atoms with E-state index in [9.17, 15) is 12.8 Å². The van der Waals surface area contributed by atoms with E-state index in [0.717, 1.165) is 6.07 Å². The van der Waals surface area contributed by atoms with Crippen molar-refractivity contribution in [2.75, 3.05) is 17.8 Å². The fourth-order valence-electron chi connectivity index (χ4n) is 1.23. The summed E-state index contributed by atoms with van der Waals surface area (Å²) in [6.45, 7) is 4.14. The molecule has 1 rings (SSSR count). The highest BCUT2D eigenvalue weighted by molar-refractivity contribution is 7.90. The zero-order valence-corrected chi connectivity index (χ0v) is 9.96. The van der Waals surface area contributed by atoms with Gasteiger partial charge in [-0.1, -0.05) is 19.9 Å². The Kier molecular flexibility index (Phi) is 4.19. The van der Waals surface area contributed by atoms with Crippen LogP contribution in [0.3, 0.4) is 0 Å². The Bertz CT molecular complexity index is 446. The normalized spacial score (nSPS) is 11.8. The summed E-state index contributed by atoms with van der Waals surface area (Å²) < 4.78 is 39.6. The predicted molar refractivity (Wildman–Crippen MR) is 59.7 cm³/mol. The average Bonchev–Trinajstić information content (AvgIpc) is 2.18. The zero-order valence-electron chi connectivity index (χ0n) is 9.14. The van der Waals surface area contributed by atoms with E-state index in [2.05, 4.69) is 9.71 Å². The van der Waals surface area contributed by atoms with Gasteiger partial charge in [0.05, 0.1) is 0 Å². The highest BCUT2D eigenvalue weighted by atomic mass is 32.2. The summed E-state index contributed by atoms with van der Waals surface area (Å²) in [7, 11) is -3.64. The zero-order chi connectivity index (χ0) is 12.2. The van der Waals surface area contributed by atoms with Gasteiger partial charge in [-0.3, -0.25) is 4.72 Å². The SMILES string of the molecule is CCN(CC)S(=O)(=O)Nc1cccc(F)n1. The van der Waals surface area contributed by atoms with Crippen LogP contribution in [0, 0.1) is 5.95 Å². The Hall–Kier alpha value is -1.21. The van der Waals surface area contributed by atoms with Gasteiger partial charge in [0.25, 0.3) is 0 Å². The molecule has 1 N–H and O–H groups in total. The minimum atomic E-state index is -3.64. The van der Waals surface area contributed by atoms with Crippen LogP contribution in [0.2, 0.25) is 0 Å². The molecule has 0 aliphatic rings. The Labute approximate surface area is 94.5 Å². The van der Waals surface area contributed by atoms with E-state index in [0.29, 0.717) is 13.1 Å². The molecular formula is C9H14FN3O2S. The molecule has 0 aliphatic carbocycles. The molecule has 7 heteroatoms. The van der Waals surface area contributed by atoms with Gasteiger partial charge in [0.15, 0.2) is 0 Å². The maximum atomic E-state index is 12.7. The fraction of sp³-hybridized carbons (Fsp3) is 0.444. The minimum absolute atomic E-state index is 0.0214. The predicted octanol–water partition coefficient (Wildman–Crippen LogP) is 1.22. The summed E-state index contributed by atoms with van der Waals surface area (Å²) in [5.74, 6) is -0.744. The lowest BCUT2D eigenvalue weighted by atomic mass is 10.5. The van der Waals surface area contributed by atoms with Crippen molar-refractivity contribution in [3.05, 3.63) is 24.1 Å². The van der Waals surface area contributed by atoms with Crippen LogP contribution in [0.25, 0.3) is 0 Å². The van der Waals surface area contributed by atoms with E-state index in [1.807, 2.05) is 0 Å². The van der Waals surface area contributed by atoms with E-state index in [-0.39, 0.29) is 5.82 Å². The molecule has 0 aromatic carbocycles. The molecule has 16 heavy (non-hydrogen) atoms. The van der Waals surface area contributed by atoms with E-state index in [1.165, 1.54) is 16.4 Å². The number of halogens is 1. The largest absolute Gasteiger partial charge is 0.302 e. The highest BCUT2D eigenvalue weighted by Crippen LogP contribution is 2.08. The van der Waals surface area contributed by atoms with Crippen LogP contribution in [-0.4, -0.2) is 30.8 Å². The molecule has 90 valence electrons. The third-order valence-corrected chi connectivity index (χ3v) is 3.66. The lowest BCUT2D eigenvalue weighted by Gasteiger charge is -2.18. The Morgan fingerprint density at radius 2 is 2.00 bits per heavy atom. The van der Waals surface area contributed by atoms with Crippen LogP contribution in [0.5, 0.6) is 0 Å². The molecule has 0 atom stereocenters. The second-order valence-corrected chi connectivity index (χ2v) is 4.71. The van der Waals surface area contributed by atoms with Gasteiger partial charge >= 0.3 is 10.2 Å². The van der Waals surface area contributed by atoms with Crippen LogP contribution < -0.4 is 4.72 Å². The molecule has 1 aromatic heterocycles. The second-order valence-electron chi connectivity index (χ2n) is 3.04. The maximum Gasteiger partial charge on any atom is 0.302 e. The van der Waals surface area contributed by atoms with Crippen molar-refractivity contribution in [1.82, 2.24) is 9.29 Å². The molecule has 0 saturated carbocycles. The fourth-order valence-corrected chi connectivity index (χ4v) is 2.41. The minimum Gasteiger partial charge on any atom is -0.254 e. The number of aromatic nitrogens is 1. The molecule has 0 fully saturated rings. The van der Waals surface area contributed by atoms with Gasteiger partial charge in [-0.15, -0.1) is 0 Å². The number of anilines is 1. The van der Waals surface area contributed by atoms with E-state index >= 15 is 0 Å². The van der Waals surface area contributed by atoms with Crippen LogP contribution in [0.15, 0.2) is 18.2 Å². The van der Waals surface area contributed by atoms with Crippen molar-refractivity contribution in [2.24, 2.45) is 0 Å². The number of hydrogen-bond acceptors (Lipinski definition) is 3. The Balaban J connectivity index is 2.88. The van der Waals surface area contributed by atoms with Gasteiger partial charge in [-0.25, -0.2) is 4.98 Å². The first-order chi connectivity index (χ1) is 7.49. The molecule has 0 spiro atoms. The molecule has 0 saturated heterocycles. The monoisotopic (exact) mass is 247 g/mol. The summed E-state index contributed by atoms with van der Waals surface area (Å²) in [5.41, 5.74) is 0. The summed E-state index contributed by atoms with van der Waals surface area (Å²) in [6.07, 6.45) is 0. The van der Waals surface area contributed by atoms with Crippen molar-refractivity contribution in [3.8, 4) is 0 Å². The van der Waals surface area contributed by atoms with Crippen molar-refractivity contribution in [3.63, 3.8) is 0 Å². The number of nitrogens with zero attached hydrogens (tertiary/aromatic N) is 2. The summed E-state index contributed by atoms with van der Waals surface area (Å²) >= 11 is 0. The van der Waals surface area contributed by atoms with E-state index in [4.69, 9.17) is 0 Å². The molecule has 5 nitrogen and oxygen atoms in total. The van der Waals surface area contributed by atoms with Gasteiger partial charge < -0.3 is 0 Å². The summed E-state index contributed by atoms with van der Waals surface area (Å²) in [4.78, 5) is 3.43. The number of pyridine rings is 1. The van der Waals surface area contributed by atoms with Crippen LogP contribution in [0.4, 0.5) is 10.2 Å². The molecule has 1 aromatic rings. The molecule has 0 unspecified atom stereocenters. The molecule has 1 heterocycles. The number of hydrogen-bond donors (Lipinski definition) is 1. The van der Waals surface area contributed by atoms with Crippen molar-refractivity contribution < 1.29 is 12.8 Å². The quantitative estimate of drug-likeness (QED) is 0.796. The molecule has 0 aliphatic heterocycles. The number of rotatable bonds is 5. The topological polar surface area (TPSA) is 62.3 Å². The highest BCUT2D eigenvalue weighted by Gasteiger charge is 2.18. The third kappa shape index (κ3) is 3.14. The van der Waals surface area contributed by atoms with Crippen molar-refractivity contribution in [2.45, 2.75) is 13.8 Å². The average molecular weight is 247 g/mol. The number of nitrogens with one attached hydrogen (secondary N) is 1. The summed E-state index contributed by atoms with van der Waals surface area (Å²) in [5, 5.41) is 0. The van der Waals surface area contributed by atoms with Gasteiger partial charge in [0.1, 0.15) is 5.82 Å².